The van der Waals surface area contributed by atoms with E-state index in [1.165, 1.54) is 4.31 Å². The summed E-state index contributed by atoms with van der Waals surface area (Å²) in [5.41, 5.74) is 6.08. The van der Waals surface area contributed by atoms with Gasteiger partial charge in [-0.05, 0) is 25.1 Å². The first-order valence-corrected chi connectivity index (χ1v) is 7.08. The Morgan fingerprint density at radius 1 is 1.29 bits per heavy atom. The third-order valence-electron chi connectivity index (χ3n) is 2.23. The fourth-order valence-corrected chi connectivity index (χ4v) is 2.77. The van der Waals surface area contributed by atoms with Crippen molar-refractivity contribution in [3.63, 3.8) is 0 Å². The predicted molar refractivity (Wildman–Crippen MR) is 70.1 cm³/mol. The highest BCUT2D eigenvalue weighted by atomic mass is 32.2. The molecule has 3 N–H and O–H groups in total. The van der Waals surface area contributed by atoms with Crippen molar-refractivity contribution in [2.45, 2.75) is 13.3 Å². The van der Waals surface area contributed by atoms with Gasteiger partial charge < -0.3 is 5.73 Å². The van der Waals surface area contributed by atoms with Crippen molar-refractivity contribution >= 4 is 15.9 Å². The fraction of sp³-hybridized carbons (Fsp3) is 0.455. The summed E-state index contributed by atoms with van der Waals surface area (Å²) in [5, 5.41) is 0. The van der Waals surface area contributed by atoms with Crippen LogP contribution in [0.2, 0.25) is 0 Å². The summed E-state index contributed by atoms with van der Waals surface area (Å²) < 4.78 is 27.9. The molecule has 17 heavy (non-hydrogen) atoms. The Morgan fingerprint density at radius 3 is 2.47 bits per heavy atom. The molecule has 0 atom stereocenters. The number of anilines is 1. The lowest BCUT2D eigenvalue weighted by atomic mass is 10.3. The van der Waals surface area contributed by atoms with E-state index >= 15 is 0 Å². The van der Waals surface area contributed by atoms with E-state index < -0.39 is 10.2 Å². The van der Waals surface area contributed by atoms with Gasteiger partial charge in [0.05, 0.1) is 5.69 Å². The van der Waals surface area contributed by atoms with E-state index in [2.05, 4.69) is 4.72 Å². The number of nitrogens with two attached hydrogens (primary N) is 1. The van der Waals surface area contributed by atoms with Crippen LogP contribution in [-0.2, 0) is 10.2 Å². The van der Waals surface area contributed by atoms with Crippen LogP contribution in [0, 0.1) is 0 Å². The van der Waals surface area contributed by atoms with Gasteiger partial charge in [-0.15, -0.1) is 0 Å². The van der Waals surface area contributed by atoms with E-state index in [4.69, 9.17) is 5.73 Å². The van der Waals surface area contributed by atoms with Crippen LogP contribution in [0.5, 0.6) is 0 Å². The van der Waals surface area contributed by atoms with Crippen LogP contribution < -0.4 is 14.8 Å². The lowest BCUT2D eigenvalue weighted by Gasteiger charge is -2.24. The van der Waals surface area contributed by atoms with Gasteiger partial charge in [0.15, 0.2) is 0 Å². The molecular formula is C11H19N3O2S. The minimum absolute atomic E-state index is 0.369. The Balaban J connectivity index is 2.96. The molecule has 0 heterocycles. The molecule has 1 aromatic rings. The zero-order chi connectivity index (χ0) is 12.7. The van der Waals surface area contributed by atoms with Crippen LogP contribution in [0.3, 0.4) is 0 Å². The molecular weight excluding hydrogens is 238 g/mol. The molecule has 5 nitrogen and oxygen atoms in total. The number of benzene rings is 1. The van der Waals surface area contributed by atoms with E-state index in [-0.39, 0.29) is 0 Å². The summed E-state index contributed by atoms with van der Waals surface area (Å²) in [5.74, 6) is 0. The molecule has 0 bridgehead atoms. The van der Waals surface area contributed by atoms with Crippen LogP contribution in [0.1, 0.15) is 13.3 Å². The lowest BCUT2D eigenvalue weighted by Crippen LogP contribution is -2.41. The molecule has 0 amide bonds. The van der Waals surface area contributed by atoms with Gasteiger partial charge in [-0.3, -0.25) is 4.31 Å². The van der Waals surface area contributed by atoms with Crippen LogP contribution in [0.15, 0.2) is 30.3 Å². The Morgan fingerprint density at radius 2 is 1.94 bits per heavy atom. The topological polar surface area (TPSA) is 75.4 Å². The molecule has 0 saturated carbocycles. The minimum atomic E-state index is -3.47. The molecule has 0 radical (unpaired) electrons. The number of hydrogen-bond acceptors (Lipinski definition) is 3. The van der Waals surface area contributed by atoms with Gasteiger partial charge in [0.2, 0.25) is 0 Å². The number of nitrogens with zero attached hydrogens (tertiary/aromatic N) is 1. The van der Waals surface area contributed by atoms with Crippen molar-refractivity contribution in [3.05, 3.63) is 30.3 Å². The maximum Gasteiger partial charge on any atom is 0.301 e. The van der Waals surface area contributed by atoms with Crippen molar-refractivity contribution in [1.82, 2.24) is 4.72 Å². The highest BCUT2D eigenvalue weighted by molar-refractivity contribution is 7.90. The third-order valence-corrected chi connectivity index (χ3v) is 3.85. The molecule has 1 rings (SSSR count). The second kappa shape index (κ2) is 6.58. The van der Waals surface area contributed by atoms with Gasteiger partial charge >= 0.3 is 10.2 Å². The molecule has 0 unspecified atom stereocenters. The molecule has 0 spiro atoms. The maximum absolute atomic E-state index is 12.0. The quantitative estimate of drug-likeness (QED) is 0.755. The standard InChI is InChI=1S/C11H19N3O2S/c1-2-13-17(15,16)14(10-6-9-12)11-7-4-3-5-8-11/h3-5,7-8,13H,2,6,9-10,12H2,1H3. The maximum atomic E-state index is 12.0. The largest absolute Gasteiger partial charge is 0.330 e. The molecule has 0 fully saturated rings. The van der Waals surface area contributed by atoms with E-state index in [0.29, 0.717) is 31.7 Å². The summed E-state index contributed by atoms with van der Waals surface area (Å²) in [6.07, 6.45) is 0.625. The molecule has 96 valence electrons. The van der Waals surface area contributed by atoms with Gasteiger partial charge in [-0.25, -0.2) is 0 Å². The third kappa shape index (κ3) is 3.99. The van der Waals surface area contributed by atoms with Crippen LogP contribution in [0.4, 0.5) is 5.69 Å². The first kappa shape index (κ1) is 14.0. The van der Waals surface area contributed by atoms with Crippen molar-refractivity contribution in [3.8, 4) is 0 Å². The summed E-state index contributed by atoms with van der Waals surface area (Å²) in [6, 6.07) is 9.01. The van der Waals surface area contributed by atoms with Gasteiger partial charge in [0, 0.05) is 13.1 Å². The minimum Gasteiger partial charge on any atom is -0.330 e. The summed E-state index contributed by atoms with van der Waals surface area (Å²) in [4.78, 5) is 0. The Labute approximate surface area is 103 Å². The molecule has 0 aromatic heterocycles. The zero-order valence-corrected chi connectivity index (χ0v) is 10.8. The van der Waals surface area contributed by atoms with Crippen molar-refractivity contribution in [2.75, 3.05) is 23.9 Å². The first-order valence-electron chi connectivity index (χ1n) is 5.64. The van der Waals surface area contributed by atoms with Gasteiger partial charge in [0.25, 0.3) is 0 Å². The SMILES string of the molecule is CCNS(=O)(=O)N(CCCN)c1ccccc1. The van der Waals surface area contributed by atoms with Crippen LogP contribution >= 0.6 is 0 Å². The van der Waals surface area contributed by atoms with E-state index in [0.717, 1.165) is 0 Å². The molecule has 6 heteroatoms. The monoisotopic (exact) mass is 257 g/mol. The van der Waals surface area contributed by atoms with E-state index in [9.17, 15) is 8.42 Å². The van der Waals surface area contributed by atoms with E-state index in [1.54, 1.807) is 19.1 Å². The average Bonchev–Trinajstić information content (AvgIpc) is 2.30. The summed E-state index contributed by atoms with van der Waals surface area (Å²) >= 11 is 0. The van der Waals surface area contributed by atoms with Crippen molar-refractivity contribution < 1.29 is 8.42 Å². The van der Waals surface area contributed by atoms with Gasteiger partial charge in [0.1, 0.15) is 0 Å². The molecule has 1 aromatic carbocycles. The Bertz CT molecular complexity index is 420. The van der Waals surface area contributed by atoms with Gasteiger partial charge in [-0.2, -0.15) is 13.1 Å². The van der Waals surface area contributed by atoms with Crippen LogP contribution in [0.25, 0.3) is 0 Å². The van der Waals surface area contributed by atoms with Crippen LogP contribution in [-0.4, -0.2) is 28.1 Å². The van der Waals surface area contributed by atoms with Crippen molar-refractivity contribution in [2.24, 2.45) is 5.73 Å². The number of hydrogen-bond donors (Lipinski definition) is 2. The Kier molecular flexibility index (Phi) is 5.40. The Hall–Kier alpha value is -1.11. The summed E-state index contributed by atoms with van der Waals surface area (Å²) in [6.45, 7) is 2.97. The first-order chi connectivity index (χ1) is 8.11. The number of para-hydroxylation sites is 1. The smallest absolute Gasteiger partial charge is 0.301 e. The highest BCUT2D eigenvalue weighted by Gasteiger charge is 2.20. The molecule has 0 aliphatic carbocycles. The molecule has 0 aliphatic heterocycles. The second-order valence-electron chi connectivity index (χ2n) is 3.55. The number of nitrogens with one attached hydrogen (secondary N) is 1. The summed E-state index contributed by atoms with van der Waals surface area (Å²) in [7, 11) is -3.47. The predicted octanol–water partition coefficient (Wildman–Crippen LogP) is 0.696. The fourth-order valence-electron chi connectivity index (χ4n) is 1.48. The highest BCUT2D eigenvalue weighted by Crippen LogP contribution is 2.16. The second-order valence-corrected chi connectivity index (χ2v) is 5.23. The van der Waals surface area contributed by atoms with E-state index in [1.807, 2.05) is 18.2 Å². The normalized spacial score (nSPS) is 11.4. The average molecular weight is 257 g/mol. The van der Waals surface area contributed by atoms with Gasteiger partial charge in [-0.1, -0.05) is 25.1 Å². The number of rotatable bonds is 7. The molecule has 0 saturated heterocycles. The zero-order valence-electron chi connectivity index (χ0n) is 9.96. The van der Waals surface area contributed by atoms with Crippen molar-refractivity contribution in [1.29, 1.82) is 0 Å². The molecule has 0 aliphatic rings. The lowest BCUT2D eigenvalue weighted by molar-refractivity contribution is 0.577.